The summed E-state index contributed by atoms with van der Waals surface area (Å²) in [4.78, 5) is 7.01. The van der Waals surface area contributed by atoms with Crippen LogP contribution in [0.3, 0.4) is 0 Å². The van der Waals surface area contributed by atoms with E-state index < -0.39 is 11.0 Å². The van der Waals surface area contributed by atoms with Gasteiger partial charge in [0.1, 0.15) is 11.6 Å². The van der Waals surface area contributed by atoms with Crippen molar-refractivity contribution in [3.05, 3.63) is 71.2 Å². The Kier molecular flexibility index (Phi) is 4.16. The molecular formula is C24H25FN2O2. The number of halogens is 1. The van der Waals surface area contributed by atoms with Crippen molar-refractivity contribution in [3.63, 3.8) is 0 Å². The van der Waals surface area contributed by atoms with Crippen molar-refractivity contribution in [1.29, 1.82) is 0 Å². The molecule has 2 atom stereocenters. The molecule has 5 heteroatoms. The molecule has 3 aromatic rings. The van der Waals surface area contributed by atoms with Crippen LogP contribution < -0.4 is 4.74 Å². The predicted octanol–water partition coefficient (Wildman–Crippen LogP) is 3.49. The number of piperidine rings is 1. The van der Waals surface area contributed by atoms with Gasteiger partial charge >= 0.3 is 0 Å². The van der Waals surface area contributed by atoms with E-state index in [2.05, 4.69) is 11.0 Å². The third kappa shape index (κ3) is 2.75. The van der Waals surface area contributed by atoms with Crippen LogP contribution in [-0.2, 0) is 18.3 Å². The summed E-state index contributed by atoms with van der Waals surface area (Å²) in [5.41, 5.74) is 2.25. The van der Waals surface area contributed by atoms with E-state index >= 15 is 0 Å². The van der Waals surface area contributed by atoms with Crippen LogP contribution in [-0.4, -0.2) is 47.8 Å². The van der Waals surface area contributed by atoms with Crippen LogP contribution in [0.25, 0.3) is 10.9 Å². The van der Waals surface area contributed by atoms with E-state index in [0.717, 1.165) is 35.5 Å². The minimum absolute atomic E-state index is 0.268. The van der Waals surface area contributed by atoms with Crippen LogP contribution in [0.15, 0.2) is 48.5 Å². The smallest absolute Gasteiger partial charge is 0.132 e. The molecule has 0 unspecified atom stereocenters. The molecule has 2 aromatic carbocycles. The molecule has 150 valence electrons. The number of rotatable bonds is 2. The fraction of sp³-hybridized carbons (Fsp3) is 0.375. The number of pyridine rings is 1. The summed E-state index contributed by atoms with van der Waals surface area (Å²) in [6.07, 6.45) is 1.92. The van der Waals surface area contributed by atoms with Crippen molar-refractivity contribution in [1.82, 2.24) is 9.88 Å². The average Bonchev–Trinajstić information content (AvgIpc) is 2.71. The molecule has 0 spiro atoms. The molecule has 0 saturated carbocycles. The van der Waals surface area contributed by atoms with Gasteiger partial charge in [-0.1, -0.05) is 18.2 Å². The highest BCUT2D eigenvalue weighted by Gasteiger charge is 2.57. The van der Waals surface area contributed by atoms with E-state index in [-0.39, 0.29) is 5.82 Å². The van der Waals surface area contributed by atoms with Crippen molar-refractivity contribution < 1.29 is 14.2 Å². The lowest BCUT2D eigenvalue weighted by molar-refractivity contribution is -0.0976. The van der Waals surface area contributed by atoms with Gasteiger partial charge in [0.25, 0.3) is 0 Å². The topological polar surface area (TPSA) is 45.6 Å². The first-order chi connectivity index (χ1) is 13.9. The van der Waals surface area contributed by atoms with E-state index in [9.17, 15) is 9.50 Å². The second-order valence-corrected chi connectivity index (χ2v) is 8.59. The first-order valence-electron chi connectivity index (χ1n) is 10.1. The minimum Gasteiger partial charge on any atom is -0.497 e. The van der Waals surface area contributed by atoms with E-state index in [1.165, 1.54) is 6.07 Å². The fourth-order valence-electron chi connectivity index (χ4n) is 5.35. The molecule has 1 fully saturated rings. The molecule has 0 bridgehead atoms. The summed E-state index contributed by atoms with van der Waals surface area (Å²) in [5.74, 6) is 0.521. The third-order valence-electron chi connectivity index (χ3n) is 6.89. The van der Waals surface area contributed by atoms with Crippen LogP contribution in [0.4, 0.5) is 4.39 Å². The number of fused-ring (bicyclic) bond motifs is 3. The average molecular weight is 392 g/mol. The predicted molar refractivity (Wildman–Crippen MR) is 111 cm³/mol. The second-order valence-electron chi connectivity index (χ2n) is 8.59. The molecule has 5 rings (SSSR count). The van der Waals surface area contributed by atoms with Crippen LogP contribution in [0, 0.1) is 5.82 Å². The highest BCUT2D eigenvalue weighted by Crippen LogP contribution is 2.50. The van der Waals surface area contributed by atoms with Gasteiger partial charge < -0.3 is 14.7 Å². The van der Waals surface area contributed by atoms with Gasteiger partial charge in [0, 0.05) is 35.9 Å². The monoisotopic (exact) mass is 392 g/mol. The zero-order valence-electron chi connectivity index (χ0n) is 16.8. The Hall–Kier alpha value is -2.50. The van der Waals surface area contributed by atoms with Crippen LogP contribution in [0.2, 0.25) is 0 Å². The fourth-order valence-corrected chi connectivity index (χ4v) is 5.35. The Balaban J connectivity index is 1.71. The lowest BCUT2D eigenvalue weighted by Crippen LogP contribution is -2.66. The number of aliphatic hydroxyl groups is 1. The van der Waals surface area contributed by atoms with Crippen molar-refractivity contribution in [3.8, 4) is 5.75 Å². The Morgan fingerprint density at radius 3 is 2.79 bits per heavy atom. The molecule has 4 nitrogen and oxygen atoms in total. The quantitative estimate of drug-likeness (QED) is 0.725. The minimum atomic E-state index is -0.958. The van der Waals surface area contributed by atoms with Gasteiger partial charge in [-0.25, -0.2) is 4.39 Å². The molecule has 1 aliphatic carbocycles. The van der Waals surface area contributed by atoms with Crippen molar-refractivity contribution in [2.24, 2.45) is 0 Å². The molecule has 1 aliphatic heterocycles. The largest absolute Gasteiger partial charge is 0.497 e. The maximum Gasteiger partial charge on any atom is 0.132 e. The van der Waals surface area contributed by atoms with Gasteiger partial charge in [-0.15, -0.1) is 0 Å². The molecule has 0 radical (unpaired) electrons. The summed E-state index contributed by atoms with van der Waals surface area (Å²) >= 11 is 0. The molecule has 1 N–H and O–H groups in total. The first-order valence-corrected chi connectivity index (χ1v) is 10.1. The maximum absolute atomic E-state index is 14.3. The number of hydrogen-bond acceptors (Lipinski definition) is 4. The summed E-state index contributed by atoms with van der Waals surface area (Å²) in [6.45, 7) is 1.47. The standard InChI is InChI=1S/C24H25FN2O2/c1-27-10-9-23(17-5-3-6-18(12-17)29-2)14-22-16(13-24(23,28)15-27)11-19-20(25)7-4-8-21(19)26-22/h3-8,11-12,28H,9-10,13-15H2,1-2H3/t23-,24-/m0/s1. The number of likely N-dealkylation sites (tertiary alicyclic amines) is 1. The molecule has 2 aliphatic rings. The Morgan fingerprint density at radius 1 is 1.14 bits per heavy atom. The first kappa shape index (κ1) is 18.5. The Bertz CT molecular complexity index is 1100. The second kappa shape index (κ2) is 6.51. The van der Waals surface area contributed by atoms with Crippen LogP contribution >= 0.6 is 0 Å². The summed E-state index contributed by atoms with van der Waals surface area (Å²) < 4.78 is 19.8. The van der Waals surface area contributed by atoms with Gasteiger partial charge in [0.15, 0.2) is 0 Å². The van der Waals surface area contributed by atoms with Crippen LogP contribution in [0.1, 0.15) is 23.2 Å². The number of nitrogens with zero attached hydrogens (tertiary/aromatic N) is 2. The van der Waals surface area contributed by atoms with Crippen molar-refractivity contribution in [2.75, 3.05) is 27.2 Å². The van der Waals surface area contributed by atoms with Gasteiger partial charge in [-0.05, 0) is 61.5 Å². The van der Waals surface area contributed by atoms with Crippen molar-refractivity contribution in [2.45, 2.75) is 30.3 Å². The molecule has 2 heterocycles. The highest BCUT2D eigenvalue weighted by molar-refractivity contribution is 5.80. The molecule has 29 heavy (non-hydrogen) atoms. The number of benzene rings is 2. The van der Waals surface area contributed by atoms with E-state index in [1.807, 2.05) is 37.4 Å². The third-order valence-corrected chi connectivity index (χ3v) is 6.89. The Labute approximate surface area is 169 Å². The van der Waals surface area contributed by atoms with E-state index in [0.29, 0.717) is 30.3 Å². The Morgan fingerprint density at radius 2 is 1.97 bits per heavy atom. The van der Waals surface area contributed by atoms with Crippen LogP contribution in [0.5, 0.6) is 5.75 Å². The van der Waals surface area contributed by atoms with Gasteiger partial charge in [0.2, 0.25) is 0 Å². The highest BCUT2D eigenvalue weighted by atomic mass is 19.1. The number of hydrogen-bond donors (Lipinski definition) is 1. The zero-order chi connectivity index (χ0) is 20.2. The summed E-state index contributed by atoms with van der Waals surface area (Å²) in [6, 6.07) is 14.9. The lowest BCUT2D eigenvalue weighted by Gasteiger charge is -2.56. The molecular weight excluding hydrogens is 367 g/mol. The zero-order valence-corrected chi connectivity index (χ0v) is 16.8. The van der Waals surface area contributed by atoms with Gasteiger partial charge in [-0.2, -0.15) is 0 Å². The number of ether oxygens (including phenoxy) is 1. The maximum atomic E-state index is 14.3. The van der Waals surface area contributed by atoms with E-state index in [1.54, 1.807) is 13.2 Å². The molecule has 1 aromatic heterocycles. The number of methoxy groups -OCH3 is 1. The lowest BCUT2D eigenvalue weighted by atomic mass is 9.56. The molecule has 0 amide bonds. The van der Waals surface area contributed by atoms with E-state index in [4.69, 9.17) is 9.72 Å². The normalized spacial score (nSPS) is 26.8. The summed E-state index contributed by atoms with van der Waals surface area (Å²) in [5, 5.41) is 12.5. The van der Waals surface area contributed by atoms with Gasteiger partial charge in [-0.3, -0.25) is 4.98 Å². The van der Waals surface area contributed by atoms with Crippen molar-refractivity contribution >= 4 is 10.9 Å². The number of likely N-dealkylation sites (N-methyl/N-ethyl adjacent to an activating group) is 1. The SMILES string of the molecule is COc1cccc([C@@]23CCN(C)C[C@@]2(O)Cc2cc4c(F)cccc4nc2C3)c1. The molecule has 1 saturated heterocycles. The van der Waals surface area contributed by atoms with Gasteiger partial charge in [0.05, 0.1) is 18.2 Å². The summed E-state index contributed by atoms with van der Waals surface area (Å²) in [7, 11) is 3.71. The number of β-amino-alcohol motifs (C(OH)–C–C–N with tert-alkyl or cyclic N) is 1. The number of aromatic nitrogens is 1.